The molecule has 0 aliphatic heterocycles. The minimum absolute atomic E-state index is 0.218. The van der Waals surface area contributed by atoms with E-state index < -0.39 is 0 Å². The molecular weight excluding hydrogens is 394 g/mol. The first-order chi connectivity index (χ1) is 14.6. The van der Waals surface area contributed by atoms with E-state index in [0.717, 1.165) is 35.3 Å². The number of benzene rings is 2. The Labute approximate surface area is 179 Å². The van der Waals surface area contributed by atoms with Crippen LogP contribution in [0.4, 0.5) is 0 Å². The van der Waals surface area contributed by atoms with Gasteiger partial charge in [0.25, 0.3) is 5.56 Å². The third-order valence-electron chi connectivity index (χ3n) is 5.55. The van der Waals surface area contributed by atoms with Gasteiger partial charge in [-0.1, -0.05) is 68.4 Å². The summed E-state index contributed by atoms with van der Waals surface area (Å²) in [6, 6.07) is 18.4. The summed E-state index contributed by atoms with van der Waals surface area (Å²) in [7, 11) is 0. The fraction of sp³-hybridized carbons (Fsp3) is 0.250. The molecule has 0 bridgehead atoms. The van der Waals surface area contributed by atoms with Crippen LogP contribution >= 0.6 is 11.3 Å². The molecule has 0 fully saturated rings. The van der Waals surface area contributed by atoms with E-state index >= 15 is 0 Å². The maximum absolute atomic E-state index is 13.2. The topological polar surface area (TPSA) is 58.1 Å². The number of H-pyrrole nitrogens is 1. The highest BCUT2D eigenvalue weighted by molar-refractivity contribution is 7.17. The number of nitrogens with one attached hydrogen (secondary N) is 1. The van der Waals surface area contributed by atoms with Crippen molar-refractivity contribution in [1.29, 1.82) is 0 Å². The number of aromatic amines is 1. The molecule has 30 heavy (non-hydrogen) atoms. The van der Waals surface area contributed by atoms with Crippen molar-refractivity contribution < 1.29 is 0 Å². The first-order valence-corrected chi connectivity index (χ1v) is 11.1. The summed E-state index contributed by atoms with van der Waals surface area (Å²) >= 11 is 1.40. The molecular formula is C24H25N3O2S. The summed E-state index contributed by atoms with van der Waals surface area (Å²) < 4.78 is 1.33. The molecule has 154 valence electrons. The Kier molecular flexibility index (Phi) is 5.97. The Bertz CT molecular complexity index is 1250. The maximum Gasteiger partial charge on any atom is 0.329 e. The van der Waals surface area contributed by atoms with E-state index in [0.29, 0.717) is 23.3 Å². The predicted molar refractivity (Wildman–Crippen MR) is 125 cm³/mol. The first kappa shape index (κ1) is 20.3. The van der Waals surface area contributed by atoms with Gasteiger partial charge in [-0.15, -0.1) is 11.3 Å². The van der Waals surface area contributed by atoms with Gasteiger partial charge in [-0.3, -0.25) is 14.3 Å². The van der Waals surface area contributed by atoms with Crippen LogP contribution < -0.4 is 11.2 Å². The zero-order valence-electron chi connectivity index (χ0n) is 17.2. The van der Waals surface area contributed by atoms with Crippen molar-refractivity contribution in [3.8, 4) is 22.3 Å². The van der Waals surface area contributed by atoms with Gasteiger partial charge in [0, 0.05) is 24.0 Å². The smallest absolute Gasteiger partial charge is 0.302 e. The van der Waals surface area contributed by atoms with Crippen molar-refractivity contribution in [3.63, 3.8) is 0 Å². The van der Waals surface area contributed by atoms with Crippen LogP contribution in [0.15, 0.2) is 69.6 Å². The summed E-state index contributed by atoms with van der Waals surface area (Å²) in [6.45, 7) is 7.00. The van der Waals surface area contributed by atoms with Crippen LogP contribution in [0.25, 0.3) is 32.5 Å². The monoisotopic (exact) mass is 419 g/mol. The largest absolute Gasteiger partial charge is 0.329 e. The normalized spacial score (nSPS) is 11.4. The van der Waals surface area contributed by atoms with E-state index in [4.69, 9.17) is 0 Å². The second-order valence-corrected chi connectivity index (χ2v) is 8.09. The van der Waals surface area contributed by atoms with Crippen LogP contribution in [-0.4, -0.2) is 34.1 Å². The van der Waals surface area contributed by atoms with Crippen molar-refractivity contribution >= 4 is 21.6 Å². The van der Waals surface area contributed by atoms with Crippen molar-refractivity contribution in [3.05, 3.63) is 80.8 Å². The average molecular weight is 420 g/mol. The highest BCUT2D eigenvalue weighted by Gasteiger charge is 2.15. The molecule has 2 aromatic carbocycles. The molecule has 6 heteroatoms. The second kappa shape index (κ2) is 8.81. The van der Waals surface area contributed by atoms with Crippen LogP contribution in [-0.2, 0) is 6.54 Å². The number of hydrogen-bond donors (Lipinski definition) is 1. The lowest BCUT2D eigenvalue weighted by Gasteiger charge is -2.18. The molecule has 4 aromatic rings. The van der Waals surface area contributed by atoms with Crippen molar-refractivity contribution in [2.75, 3.05) is 19.6 Å². The van der Waals surface area contributed by atoms with E-state index in [1.54, 1.807) is 0 Å². The molecule has 2 aromatic heterocycles. The third-order valence-corrected chi connectivity index (χ3v) is 6.45. The van der Waals surface area contributed by atoms with Gasteiger partial charge < -0.3 is 4.90 Å². The lowest BCUT2D eigenvalue weighted by molar-refractivity contribution is 0.287. The van der Waals surface area contributed by atoms with Crippen LogP contribution in [0, 0.1) is 0 Å². The highest BCUT2D eigenvalue weighted by atomic mass is 32.1. The summed E-state index contributed by atoms with van der Waals surface area (Å²) in [6.07, 6.45) is 0. The molecule has 0 atom stereocenters. The molecule has 0 spiro atoms. The van der Waals surface area contributed by atoms with Crippen molar-refractivity contribution in [2.24, 2.45) is 0 Å². The fourth-order valence-electron chi connectivity index (χ4n) is 3.72. The number of aromatic nitrogens is 2. The van der Waals surface area contributed by atoms with Crippen LogP contribution in [0.3, 0.4) is 0 Å². The Balaban J connectivity index is 1.72. The Hall–Kier alpha value is -2.96. The van der Waals surface area contributed by atoms with Gasteiger partial charge in [-0.2, -0.15) is 0 Å². The molecule has 0 amide bonds. The Morgan fingerprint density at radius 1 is 0.900 bits per heavy atom. The van der Waals surface area contributed by atoms with Gasteiger partial charge >= 0.3 is 5.69 Å². The van der Waals surface area contributed by atoms with Gasteiger partial charge in [0.1, 0.15) is 4.83 Å². The zero-order valence-corrected chi connectivity index (χ0v) is 18.0. The van der Waals surface area contributed by atoms with Gasteiger partial charge in [0.05, 0.1) is 5.39 Å². The molecule has 1 N–H and O–H groups in total. The second-order valence-electron chi connectivity index (χ2n) is 7.21. The highest BCUT2D eigenvalue weighted by Crippen LogP contribution is 2.31. The van der Waals surface area contributed by atoms with Crippen LogP contribution in [0.2, 0.25) is 0 Å². The molecule has 0 aliphatic rings. The molecule has 5 nitrogen and oxygen atoms in total. The van der Waals surface area contributed by atoms with Gasteiger partial charge in [-0.25, -0.2) is 4.79 Å². The molecule has 2 heterocycles. The third kappa shape index (κ3) is 3.88. The lowest BCUT2D eigenvalue weighted by Crippen LogP contribution is -2.39. The number of nitrogens with zero attached hydrogens (tertiary/aromatic N) is 2. The molecule has 0 unspecified atom stereocenters. The molecule has 4 rings (SSSR count). The first-order valence-electron chi connectivity index (χ1n) is 10.2. The number of likely N-dealkylation sites (N-methyl/N-ethyl adjacent to an activating group) is 1. The standard InChI is InChI=1S/C24H25N3O2S/c1-3-26(4-2)14-15-27-23(28)21-20(16-30-22(21)25-24(27)29)19-12-10-18(11-13-19)17-8-6-5-7-9-17/h5-13,16H,3-4,14-15H2,1-2H3,(H,25,29). The van der Waals surface area contributed by atoms with E-state index in [1.165, 1.54) is 15.9 Å². The SMILES string of the molecule is CCN(CC)CCn1c(=O)[nH]c2scc(-c3ccc(-c4ccccc4)cc3)c2c1=O. The van der Waals surface area contributed by atoms with Gasteiger partial charge in [0.2, 0.25) is 0 Å². The summed E-state index contributed by atoms with van der Waals surface area (Å²) in [5.41, 5.74) is 3.57. The molecule has 0 radical (unpaired) electrons. The van der Waals surface area contributed by atoms with Gasteiger partial charge in [-0.05, 0) is 29.8 Å². The van der Waals surface area contributed by atoms with Crippen molar-refractivity contribution in [1.82, 2.24) is 14.5 Å². The average Bonchev–Trinajstić information content (AvgIpc) is 3.21. The predicted octanol–water partition coefficient (Wildman–Crippen LogP) is 4.43. The van der Waals surface area contributed by atoms with E-state index in [-0.39, 0.29) is 11.2 Å². The summed E-state index contributed by atoms with van der Waals surface area (Å²) in [5.74, 6) is 0. The minimum Gasteiger partial charge on any atom is -0.302 e. The van der Waals surface area contributed by atoms with E-state index in [2.05, 4.69) is 48.0 Å². The fourth-order valence-corrected chi connectivity index (χ4v) is 4.67. The van der Waals surface area contributed by atoms with Crippen LogP contribution in [0.5, 0.6) is 0 Å². The van der Waals surface area contributed by atoms with Crippen molar-refractivity contribution in [2.45, 2.75) is 20.4 Å². The summed E-state index contributed by atoms with van der Waals surface area (Å²) in [5, 5.41) is 2.54. The number of fused-ring (bicyclic) bond motifs is 1. The number of rotatable bonds is 7. The molecule has 0 saturated carbocycles. The quantitative estimate of drug-likeness (QED) is 0.482. The minimum atomic E-state index is -0.340. The van der Waals surface area contributed by atoms with Crippen LogP contribution in [0.1, 0.15) is 13.8 Å². The Morgan fingerprint density at radius 2 is 1.53 bits per heavy atom. The molecule has 0 saturated heterocycles. The Morgan fingerprint density at radius 3 is 2.20 bits per heavy atom. The maximum atomic E-state index is 13.2. The number of hydrogen-bond acceptors (Lipinski definition) is 4. The van der Waals surface area contributed by atoms with Gasteiger partial charge in [0.15, 0.2) is 0 Å². The zero-order chi connectivity index (χ0) is 21.1. The van der Waals surface area contributed by atoms with E-state index in [1.807, 2.05) is 35.7 Å². The number of thiophene rings is 1. The lowest BCUT2D eigenvalue weighted by atomic mass is 10.0. The summed E-state index contributed by atoms with van der Waals surface area (Å²) in [4.78, 5) is 31.4. The van der Waals surface area contributed by atoms with E-state index in [9.17, 15) is 9.59 Å². The molecule has 0 aliphatic carbocycles.